The number of aromatic nitrogens is 1. The molecular weight excluding hydrogens is 320 g/mol. The molecule has 0 spiro atoms. The van der Waals surface area contributed by atoms with Crippen molar-refractivity contribution in [3.63, 3.8) is 0 Å². The highest BCUT2D eigenvalue weighted by molar-refractivity contribution is 7.89. The third-order valence-corrected chi connectivity index (χ3v) is 7.42. The lowest BCUT2D eigenvalue weighted by Crippen LogP contribution is -2.31. The molecule has 1 aromatic heterocycles. The van der Waals surface area contributed by atoms with Gasteiger partial charge in [0.15, 0.2) is 0 Å². The molecule has 0 amide bonds. The number of fused-ring (bicyclic) bond motifs is 3. The lowest BCUT2D eigenvalue weighted by atomic mass is 10.1. The van der Waals surface area contributed by atoms with Crippen LogP contribution in [0, 0.1) is 0 Å². The van der Waals surface area contributed by atoms with Gasteiger partial charge in [0.2, 0.25) is 10.0 Å². The molecule has 2 heterocycles. The Morgan fingerprint density at radius 1 is 0.875 bits per heavy atom. The van der Waals surface area contributed by atoms with Crippen LogP contribution in [-0.4, -0.2) is 30.8 Å². The molecule has 0 saturated carbocycles. The van der Waals surface area contributed by atoms with Crippen molar-refractivity contribution in [3.05, 3.63) is 29.5 Å². The van der Waals surface area contributed by atoms with E-state index < -0.39 is 10.0 Å². The van der Waals surface area contributed by atoms with Gasteiger partial charge >= 0.3 is 0 Å². The van der Waals surface area contributed by atoms with Crippen LogP contribution in [0.5, 0.6) is 0 Å². The number of hydrogen-bond acceptors (Lipinski definition) is 2. The summed E-state index contributed by atoms with van der Waals surface area (Å²) in [6.45, 7) is 1.32. The van der Waals surface area contributed by atoms with Crippen LogP contribution in [0.25, 0.3) is 10.9 Å². The Balaban J connectivity index is 1.75. The average Bonchev–Trinajstić information content (AvgIpc) is 2.82. The molecule has 4 rings (SSSR count). The van der Waals surface area contributed by atoms with Crippen molar-refractivity contribution in [3.8, 4) is 0 Å². The minimum absolute atomic E-state index is 0.461. The molecule has 1 fully saturated rings. The maximum Gasteiger partial charge on any atom is 0.243 e. The van der Waals surface area contributed by atoms with Crippen LogP contribution < -0.4 is 0 Å². The highest BCUT2D eigenvalue weighted by atomic mass is 32.2. The van der Waals surface area contributed by atoms with E-state index in [9.17, 15) is 8.42 Å². The number of nitrogens with one attached hydrogen (secondary N) is 1. The first-order valence-electron chi connectivity index (χ1n) is 9.30. The first-order valence-corrected chi connectivity index (χ1v) is 10.7. The molecule has 0 radical (unpaired) electrons. The van der Waals surface area contributed by atoms with Gasteiger partial charge in [0.05, 0.1) is 4.90 Å². The number of aromatic amines is 1. The Morgan fingerprint density at radius 2 is 1.58 bits per heavy atom. The zero-order valence-corrected chi connectivity index (χ0v) is 15.0. The molecule has 24 heavy (non-hydrogen) atoms. The standard InChI is InChI=1S/C19H26N2O2S/c22-24(23,21-12-6-1-2-7-13-21)15-10-11-19-17(14-15)16-8-4-3-5-9-18(16)20-19/h10-11,14,20H,1-9,12-13H2. The summed E-state index contributed by atoms with van der Waals surface area (Å²) >= 11 is 0. The zero-order valence-electron chi connectivity index (χ0n) is 14.2. The van der Waals surface area contributed by atoms with Crippen LogP contribution in [0.3, 0.4) is 0 Å². The van der Waals surface area contributed by atoms with Crippen molar-refractivity contribution in [2.75, 3.05) is 13.1 Å². The number of nitrogens with zero attached hydrogens (tertiary/aromatic N) is 1. The van der Waals surface area contributed by atoms with Gasteiger partial charge in [-0.2, -0.15) is 4.31 Å². The van der Waals surface area contributed by atoms with Crippen LogP contribution in [-0.2, 0) is 22.9 Å². The summed E-state index contributed by atoms with van der Waals surface area (Å²) in [4.78, 5) is 3.98. The molecule has 130 valence electrons. The van der Waals surface area contributed by atoms with E-state index >= 15 is 0 Å². The maximum absolute atomic E-state index is 13.1. The normalized spacial score (nSPS) is 20.5. The van der Waals surface area contributed by atoms with Gasteiger partial charge in [0, 0.05) is 29.7 Å². The summed E-state index contributed by atoms with van der Waals surface area (Å²) in [5.41, 5.74) is 3.74. The lowest BCUT2D eigenvalue weighted by molar-refractivity contribution is 0.424. The van der Waals surface area contributed by atoms with Crippen molar-refractivity contribution in [1.29, 1.82) is 0 Å². The predicted octanol–water partition coefficient (Wildman–Crippen LogP) is 4.00. The summed E-state index contributed by atoms with van der Waals surface area (Å²) < 4.78 is 27.8. The van der Waals surface area contributed by atoms with Crippen molar-refractivity contribution in [2.24, 2.45) is 0 Å². The first-order chi connectivity index (χ1) is 11.7. The van der Waals surface area contributed by atoms with Gasteiger partial charge < -0.3 is 4.98 Å². The van der Waals surface area contributed by atoms with E-state index in [4.69, 9.17) is 0 Å². The average molecular weight is 346 g/mol. The van der Waals surface area contributed by atoms with E-state index in [0.29, 0.717) is 18.0 Å². The fourth-order valence-electron chi connectivity index (χ4n) is 4.15. The maximum atomic E-state index is 13.1. The van der Waals surface area contributed by atoms with Gasteiger partial charge in [-0.25, -0.2) is 8.42 Å². The smallest absolute Gasteiger partial charge is 0.243 e. The molecule has 1 aliphatic heterocycles. The number of aryl methyl sites for hydroxylation is 2. The third kappa shape index (κ3) is 2.88. The zero-order chi connectivity index (χ0) is 16.6. The number of benzene rings is 1. The Bertz CT molecular complexity index is 830. The summed E-state index contributed by atoms with van der Waals surface area (Å²) in [6, 6.07) is 5.64. The summed E-state index contributed by atoms with van der Waals surface area (Å²) in [5.74, 6) is 0. The van der Waals surface area contributed by atoms with Crippen LogP contribution in [0.1, 0.15) is 56.2 Å². The number of H-pyrrole nitrogens is 1. The molecule has 0 bridgehead atoms. The third-order valence-electron chi connectivity index (χ3n) is 5.52. The van der Waals surface area contributed by atoms with E-state index in [1.165, 1.54) is 30.5 Å². The van der Waals surface area contributed by atoms with E-state index in [2.05, 4.69) is 4.98 Å². The largest absolute Gasteiger partial charge is 0.358 e. The molecule has 1 aromatic carbocycles. The van der Waals surface area contributed by atoms with E-state index in [0.717, 1.165) is 49.4 Å². The molecule has 2 aromatic rings. The van der Waals surface area contributed by atoms with Gasteiger partial charge in [-0.15, -0.1) is 0 Å². The Morgan fingerprint density at radius 3 is 2.38 bits per heavy atom. The molecule has 1 aliphatic carbocycles. The summed E-state index contributed by atoms with van der Waals surface area (Å²) in [5, 5.41) is 1.11. The van der Waals surface area contributed by atoms with Crippen molar-refractivity contribution >= 4 is 20.9 Å². The van der Waals surface area contributed by atoms with E-state index in [-0.39, 0.29) is 0 Å². The Kier molecular flexibility index (Phi) is 4.39. The van der Waals surface area contributed by atoms with Crippen LogP contribution in [0.4, 0.5) is 0 Å². The van der Waals surface area contributed by atoms with Crippen LogP contribution in [0.2, 0.25) is 0 Å². The second kappa shape index (κ2) is 6.52. The monoisotopic (exact) mass is 346 g/mol. The van der Waals surface area contributed by atoms with Crippen molar-refractivity contribution < 1.29 is 8.42 Å². The van der Waals surface area contributed by atoms with Crippen molar-refractivity contribution in [1.82, 2.24) is 9.29 Å². The second-order valence-electron chi connectivity index (χ2n) is 7.17. The topological polar surface area (TPSA) is 53.2 Å². The molecule has 1 saturated heterocycles. The van der Waals surface area contributed by atoms with Gasteiger partial charge in [-0.05, 0) is 62.3 Å². The summed E-state index contributed by atoms with van der Waals surface area (Å²) in [6.07, 6.45) is 10.0. The minimum atomic E-state index is -3.37. The highest BCUT2D eigenvalue weighted by Crippen LogP contribution is 2.31. The van der Waals surface area contributed by atoms with Crippen LogP contribution in [0.15, 0.2) is 23.1 Å². The highest BCUT2D eigenvalue weighted by Gasteiger charge is 2.26. The SMILES string of the molecule is O=S(=O)(c1ccc2[nH]c3c(c2c1)CCCCC3)N1CCCCCC1. The molecule has 1 N–H and O–H groups in total. The molecule has 4 nitrogen and oxygen atoms in total. The minimum Gasteiger partial charge on any atom is -0.358 e. The molecule has 5 heteroatoms. The molecule has 0 unspecified atom stereocenters. The molecule has 2 aliphatic rings. The van der Waals surface area contributed by atoms with E-state index in [1.807, 2.05) is 12.1 Å². The Labute approximate surface area is 144 Å². The number of rotatable bonds is 2. The van der Waals surface area contributed by atoms with Crippen molar-refractivity contribution in [2.45, 2.75) is 62.7 Å². The second-order valence-corrected chi connectivity index (χ2v) is 9.11. The fourth-order valence-corrected chi connectivity index (χ4v) is 5.70. The quantitative estimate of drug-likeness (QED) is 0.836. The van der Waals surface area contributed by atoms with E-state index in [1.54, 1.807) is 10.4 Å². The number of hydrogen-bond donors (Lipinski definition) is 1. The van der Waals surface area contributed by atoms with Gasteiger partial charge in [-0.3, -0.25) is 0 Å². The fraction of sp³-hybridized carbons (Fsp3) is 0.579. The predicted molar refractivity (Wildman–Crippen MR) is 96.8 cm³/mol. The van der Waals surface area contributed by atoms with Gasteiger partial charge in [0.25, 0.3) is 0 Å². The molecule has 0 atom stereocenters. The summed E-state index contributed by atoms with van der Waals surface area (Å²) in [7, 11) is -3.37. The Hall–Kier alpha value is -1.33. The first kappa shape index (κ1) is 16.2. The van der Waals surface area contributed by atoms with Gasteiger partial charge in [0.1, 0.15) is 0 Å². The lowest BCUT2D eigenvalue weighted by Gasteiger charge is -2.20. The molecular formula is C19H26N2O2S. The number of sulfonamides is 1. The van der Waals surface area contributed by atoms with Crippen LogP contribution >= 0.6 is 0 Å². The van der Waals surface area contributed by atoms with Gasteiger partial charge in [-0.1, -0.05) is 19.3 Å².